The second-order valence-corrected chi connectivity index (χ2v) is 3.58. The van der Waals surface area contributed by atoms with Gasteiger partial charge in [-0.05, 0) is 12.8 Å². The van der Waals surface area contributed by atoms with Gasteiger partial charge in [-0.2, -0.15) is 9.90 Å². The standard InChI is InChI=1S/C9H16N4O2/c10-9-6-11-13(12-9)3-1-4-15-8-2-5-14-7-8/h6,8H,1-5,7H2,(H2,10,12). The van der Waals surface area contributed by atoms with Crippen LogP contribution >= 0.6 is 0 Å². The first-order valence-electron chi connectivity index (χ1n) is 5.19. The van der Waals surface area contributed by atoms with Crippen LogP contribution in [0.25, 0.3) is 0 Å². The predicted molar refractivity (Wildman–Crippen MR) is 54.2 cm³/mol. The highest BCUT2D eigenvalue weighted by Gasteiger charge is 2.15. The van der Waals surface area contributed by atoms with E-state index in [1.54, 1.807) is 11.0 Å². The Hall–Kier alpha value is -1.14. The van der Waals surface area contributed by atoms with Crippen molar-refractivity contribution < 1.29 is 9.47 Å². The van der Waals surface area contributed by atoms with Gasteiger partial charge >= 0.3 is 0 Å². The van der Waals surface area contributed by atoms with E-state index in [1.807, 2.05) is 0 Å². The molecule has 0 aromatic carbocycles. The van der Waals surface area contributed by atoms with Gasteiger partial charge < -0.3 is 15.2 Å². The first kappa shape index (κ1) is 10.4. The number of nitrogens with two attached hydrogens (primary N) is 1. The van der Waals surface area contributed by atoms with Crippen molar-refractivity contribution >= 4 is 5.82 Å². The lowest BCUT2D eigenvalue weighted by Crippen LogP contribution is -2.14. The lowest BCUT2D eigenvalue weighted by molar-refractivity contribution is 0.0392. The van der Waals surface area contributed by atoms with Crippen LogP contribution in [-0.4, -0.2) is 40.9 Å². The molecular formula is C9H16N4O2. The third-order valence-corrected chi connectivity index (χ3v) is 2.30. The van der Waals surface area contributed by atoms with Crippen molar-refractivity contribution in [1.29, 1.82) is 0 Å². The van der Waals surface area contributed by atoms with Gasteiger partial charge in [0, 0.05) is 13.2 Å². The largest absolute Gasteiger partial charge is 0.381 e. The summed E-state index contributed by atoms with van der Waals surface area (Å²) in [5.74, 6) is 0.458. The van der Waals surface area contributed by atoms with Crippen LogP contribution in [0.4, 0.5) is 5.82 Å². The number of nitrogen functional groups attached to an aromatic ring is 1. The Morgan fingerprint density at radius 2 is 2.60 bits per heavy atom. The highest BCUT2D eigenvalue weighted by molar-refractivity contribution is 5.19. The first-order chi connectivity index (χ1) is 7.34. The molecule has 0 amide bonds. The average molecular weight is 212 g/mol. The zero-order valence-corrected chi connectivity index (χ0v) is 8.63. The van der Waals surface area contributed by atoms with Gasteiger partial charge in [-0.25, -0.2) is 0 Å². The molecule has 0 saturated carbocycles. The lowest BCUT2D eigenvalue weighted by Gasteiger charge is -2.08. The van der Waals surface area contributed by atoms with E-state index in [4.69, 9.17) is 15.2 Å². The van der Waals surface area contributed by atoms with Crippen molar-refractivity contribution in [2.24, 2.45) is 0 Å². The average Bonchev–Trinajstić information content (AvgIpc) is 2.84. The van der Waals surface area contributed by atoms with Crippen molar-refractivity contribution in [2.45, 2.75) is 25.5 Å². The number of hydrogen-bond donors (Lipinski definition) is 1. The minimum atomic E-state index is 0.278. The monoisotopic (exact) mass is 212 g/mol. The van der Waals surface area contributed by atoms with Crippen LogP contribution in [-0.2, 0) is 16.0 Å². The van der Waals surface area contributed by atoms with Crippen LogP contribution in [0.2, 0.25) is 0 Å². The summed E-state index contributed by atoms with van der Waals surface area (Å²) in [5.41, 5.74) is 5.44. The van der Waals surface area contributed by atoms with E-state index in [-0.39, 0.29) is 6.10 Å². The molecule has 1 aliphatic rings. The third-order valence-electron chi connectivity index (χ3n) is 2.30. The SMILES string of the molecule is Nc1cnn(CCCOC2CCOC2)n1. The summed E-state index contributed by atoms with van der Waals surface area (Å²) in [6.45, 7) is 3.01. The van der Waals surface area contributed by atoms with Gasteiger partial charge in [0.25, 0.3) is 0 Å². The number of rotatable bonds is 5. The van der Waals surface area contributed by atoms with Gasteiger partial charge in [0.2, 0.25) is 0 Å². The number of ether oxygens (including phenoxy) is 2. The molecule has 1 saturated heterocycles. The van der Waals surface area contributed by atoms with Crippen LogP contribution in [0, 0.1) is 0 Å². The van der Waals surface area contributed by atoms with E-state index in [0.717, 1.165) is 39.2 Å². The van der Waals surface area contributed by atoms with Gasteiger partial charge in [0.1, 0.15) is 0 Å². The van der Waals surface area contributed by atoms with Crippen LogP contribution in [0.3, 0.4) is 0 Å². The molecule has 1 aliphatic heterocycles. The summed E-state index contributed by atoms with van der Waals surface area (Å²) >= 11 is 0. The molecule has 2 rings (SSSR count). The molecule has 15 heavy (non-hydrogen) atoms. The summed E-state index contributed by atoms with van der Waals surface area (Å²) in [4.78, 5) is 1.59. The van der Waals surface area contributed by atoms with E-state index in [0.29, 0.717) is 5.82 Å². The zero-order chi connectivity index (χ0) is 10.5. The number of aromatic nitrogens is 3. The summed E-state index contributed by atoms with van der Waals surface area (Å²) in [5, 5.41) is 7.97. The Balaban J connectivity index is 1.58. The molecule has 6 nitrogen and oxygen atoms in total. The smallest absolute Gasteiger partial charge is 0.165 e. The Bertz CT molecular complexity index is 296. The fourth-order valence-corrected chi connectivity index (χ4v) is 1.52. The van der Waals surface area contributed by atoms with Gasteiger partial charge in [0.05, 0.1) is 25.5 Å². The summed E-state index contributed by atoms with van der Waals surface area (Å²) < 4.78 is 10.8. The maximum atomic E-state index is 5.61. The Morgan fingerprint density at radius 1 is 1.67 bits per heavy atom. The molecule has 1 unspecified atom stereocenters. The maximum absolute atomic E-state index is 5.61. The van der Waals surface area contributed by atoms with Gasteiger partial charge in [-0.3, -0.25) is 0 Å². The predicted octanol–water partition coefficient (Wildman–Crippen LogP) is 0.0559. The van der Waals surface area contributed by atoms with Crippen molar-refractivity contribution in [3.05, 3.63) is 6.20 Å². The summed E-state index contributed by atoms with van der Waals surface area (Å²) in [6.07, 6.45) is 3.73. The number of anilines is 1. The van der Waals surface area contributed by atoms with Crippen molar-refractivity contribution in [3.63, 3.8) is 0 Å². The molecule has 2 heterocycles. The quantitative estimate of drug-likeness (QED) is 0.698. The fourth-order valence-electron chi connectivity index (χ4n) is 1.52. The van der Waals surface area contributed by atoms with Crippen LogP contribution in [0.15, 0.2) is 6.20 Å². The Kier molecular flexibility index (Phi) is 3.52. The second kappa shape index (κ2) is 5.09. The fraction of sp³-hybridized carbons (Fsp3) is 0.778. The molecule has 2 N–H and O–H groups in total. The minimum absolute atomic E-state index is 0.278. The lowest BCUT2D eigenvalue weighted by atomic mass is 10.3. The Morgan fingerprint density at radius 3 is 3.27 bits per heavy atom. The van der Waals surface area contributed by atoms with E-state index in [2.05, 4.69) is 10.2 Å². The van der Waals surface area contributed by atoms with E-state index in [9.17, 15) is 0 Å². The van der Waals surface area contributed by atoms with Crippen LogP contribution in [0.1, 0.15) is 12.8 Å². The van der Waals surface area contributed by atoms with Gasteiger partial charge in [-0.1, -0.05) is 0 Å². The number of aryl methyl sites for hydroxylation is 1. The van der Waals surface area contributed by atoms with Gasteiger partial charge in [0.15, 0.2) is 5.82 Å². The molecule has 1 aromatic heterocycles. The normalized spacial score (nSPS) is 20.9. The topological polar surface area (TPSA) is 75.2 Å². The Labute approximate surface area is 88.3 Å². The highest BCUT2D eigenvalue weighted by atomic mass is 16.5. The molecule has 1 fully saturated rings. The number of nitrogens with zero attached hydrogens (tertiary/aromatic N) is 3. The zero-order valence-electron chi connectivity index (χ0n) is 8.63. The minimum Gasteiger partial charge on any atom is -0.381 e. The highest BCUT2D eigenvalue weighted by Crippen LogP contribution is 2.08. The van der Waals surface area contributed by atoms with E-state index >= 15 is 0 Å². The van der Waals surface area contributed by atoms with Crippen molar-refractivity contribution in [2.75, 3.05) is 25.6 Å². The second-order valence-electron chi connectivity index (χ2n) is 3.58. The molecule has 6 heteroatoms. The summed E-state index contributed by atoms with van der Waals surface area (Å²) in [6, 6.07) is 0. The molecule has 0 bridgehead atoms. The summed E-state index contributed by atoms with van der Waals surface area (Å²) in [7, 11) is 0. The van der Waals surface area contributed by atoms with Crippen molar-refractivity contribution in [3.8, 4) is 0 Å². The molecule has 0 spiro atoms. The molecule has 84 valence electrons. The third kappa shape index (κ3) is 3.17. The first-order valence-corrected chi connectivity index (χ1v) is 5.19. The molecule has 1 atom stereocenters. The molecule has 0 aliphatic carbocycles. The molecule has 1 aromatic rings. The van der Waals surface area contributed by atoms with Crippen LogP contribution < -0.4 is 5.73 Å². The maximum Gasteiger partial charge on any atom is 0.165 e. The number of hydrogen-bond acceptors (Lipinski definition) is 5. The molecular weight excluding hydrogens is 196 g/mol. The van der Waals surface area contributed by atoms with Crippen LogP contribution in [0.5, 0.6) is 0 Å². The van der Waals surface area contributed by atoms with E-state index in [1.165, 1.54) is 0 Å². The molecule has 0 radical (unpaired) electrons. The van der Waals surface area contributed by atoms with Gasteiger partial charge in [-0.15, -0.1) is 5.10 Å². The van der Waals surface area contributed by atoms with E-state index < -0.39 is 0 Å². The van der Waals surface area contributed by atoms with Crippen molar-refractivity contribution in [1.82, 2.24) is 15.0 Å².